The standard InChI is InChI=1S/C7H13N3OS/c1-6(9(2)3)8-7(11)10(4)5-12/h5H,1H2,2-4H3,(H,8,11). The number of hydrogen-bond donors (Lipinski definition) is 1. The minimum absolute atomic E-state index is 0.288. The quantitative estimate of drug-likeness (QED) is 0.658. The summed E-state index contributed by atoms with van der Waals surface area (Å²) in [7, 11) is 5.16. The van der Waals surface area contributed by atoms with E-state index in [9.17, 15) is 4.79 Å². The van der Waals surface area contributed by atoms with Gasteiger partial charge in [-0.3, -0.25) is 10.2 Å². The highest BCUT2D eigenvalue weighted by molar-refractivity contribution is 7.78. The molecule has 0 heterocycles. The third-order valence-electron chi connectivity index (χ3n) is 1.27. The van der Waals surface area contributed by atoms with Gasteiger partial charge in [0, 0.05) is 21.1 Å². The molecule has 0 aliphatic carbocycles. The molecule has 0 saturated carbocycles. The van der Waals surface area contributed by atoms with Gasteiger partial charge in [-0.2, -0.15) is 0 Å². The van der Waals surface area contributed by atoms with Crippen molar-refractivity contribution in [1.29, 1.82) is 0 Å². The van der Waals surface area contributed by atoms with Gasteiger partial charge in [0.05, 0.1) is 5.49 Å². The molecule has 0 spiro atoms. The number of nitrogens with one attached hydrogen (secondary N) is 1. The van der Waals surface area contributed by atoms with E-state index in [1.807, 2.05) is 0 Å². The van der Waals surface area contributed by atoms with E-state index in [-0.39, 0.29) is 6.03 Å². The maximum atomic E-state index is 11.1. The summed E-state index contributed by atoms with van der Waals surface area (Å²) in [4.78, 5) is 14.1. The maximum Gasteiger partial charge on any atom is 0.327 e. The summed E-state index contributed by atoms with van der Waals surface area (Å²) in [5.41, 5.74) is 1.26. The maximum absolute atomic E-state index is 11.1. The van der Waals surface area contributed by atoms with E-state index in [0.717, 1.165) is 0 Å². The van der Waals surface area contributed by atoms with Crippen molar-refractivity contribution < 1.29 is 4.79 Å². The van der Waals surface area contributed by atoms with Crippen LogP contribution >= 0.6 is 12.2 Å². The van der Waals surface area contributed by atoms with Crippen molar-refractivity contribution in [3.63, 3.8) is 0 Å². The molecular formula is C7H13N3OS. The largest absolute Gasteiger partial charge is 0.365 e. The van der Waals surface area contributed by atoms with Crippen molar-refractivity contribution in [3.8, 4) is 0 Å². The van der Waals surface area contributed by atoms with E-state index in [2.05, 4.69) is 24.1 Å². The summed E-state index contributed by atoms with van der Waals surface area (Å²) in [5.74, 6) is 0.531. The highest BCUT2D eigenvalue weighted by Crippen LogP contribution is 1.90. The number of carbonyl (C=O) groups is 1. The lowest BCUT2D eigenvalue weighted by Gasteiger charge is -2.18. The van der Waals surface area contributed by atoms with Crippen LogP contribution in [0, 0.1) is 0 Å². The van der Waals surface area contributed by atoms with E-state index in [1.54, 1.807) is 26.0 Å². The van der Waals surface area contributed by atoms with Crippen LogP contribution in [0.15, 0.2) is 12.4 Å². The van der Waals surface area contributed by atoms with Crippen molar-refractivity contribution in [2.45, 2.75) is 0 Å². The Morgan fingerprint density at radius 1 is 1.50 bits per heavy atom. The third-order valence-corrected chi connectivity index (χ3v) is 1.59. The summed E-state index contributed by atoms with van der Waals surface area (Å²) in [6, 6.07) is -0.288. The van der Waals surface area contributed by atoms with Crippen LogP contribution in [0.3, 0.4) is 0 Å². The van der Waals surface area contributed by atoms with Crippen LogP contribution in [0.4, 0.5) is 4.79 Å². The highest BCUT2D eigenvalue weighted by Gasteiger charge is 2.06. The molecule has 68 valence electrons. The lowest BCUT2D eigenvalue weighted by atomic mass is 10.6. The Kier molecular flexibility index (Phi) is 4.28. The van der Waals surface area contributed by atoms with Gasteiger partial charge in [0.15, 0.2) is 0 Å². The SMILES string of the molecule is C=C(NC(=O)N(C)C=S)N(C)C. The van der Waals surface area contributed by atoms with E-state index in [4.69, 9.17) is 0 Å². The van der Waals surface area contributed by atoms with Gasteiger partial charge in [-0.1, -0.05) is 18.8 Å². The zero-order valence-corrected chi connectivity index (χ0v) is 8.31. The Morgan fingerprint density at radius 2 is 2.00 bits per heavy atom. The summed E-state index contributed by atoms with van der Waals surface area (Å²) in [6.07, 6.45) is 0. The van der Waals surface area contributed by atoms with Crippen molar-refractivity contribution in [2.24, 2.45) is 0 Å². The molecule has 0 bridgehead atoms. The average molecular weight is 187 g/mol. The number of carbonyl (C=O) groups excluding carboxylic acids is 1. The lowest BCUT2D eigenvalue weighted by molar-refractivity contribution is 0.227. The fourth-order valence-corrected chi connectivity index (χ4v) is 0.467. The van der Waals surface area contributed by atoms with E-state index >= 15 is 0 Å². The molecule has 1 N–H and O–H groups in total. The summed E-state index contributed by atoms with van der Waals surface area (Å²) in [6.45, 7) is 3.63. The molecule has 2 amide bonds. The first-order valence-electron chi connectivity index (χ1n) is 3.34. The first-order valence-corrected chi connectivity index (χ1v) is 3.81. The first-order chi connectivity index (χ1) is 5.49. The van der Waals surface area contributed by atoms with Gasteiger partial charge in [0.2, 0.25) is 0 Å². The predicted octanol–water partition coefficient (Wildman–Crippen LogP) is 0.618. The normalized spacial score (nSPS) is 8.58. The second-order valence-corrected chi connectivity index (χ2v) is 2.70. The zero-order chi connectivity index (χ0) is 9.72. The molecule has 0 atom stereocenters. The summed E-state index contributed by atoms with van der Waals surface area (Å²) in [5, 5.41) is 2.55. The smallest absolute Gasteiger partial charge is 0.327 e. The lowest BCUT2D eigenvalue weighted by Crippen LogP contribution is -2.38. The number of urea groups is 1. The van der Waals surface area contributed by atoms with Gasteiger partial charge in [0.1, 0.15) is 5.82 Å². The molecule has 4 nitrogen and oxygen atoms in total. The van der Waals surface area contributed by atoms with E-state index < -0.39 is 0 Å². The van der Waals surface area contributed by atoms with E-state index in [0.29, 0.717) is 5.82 Å². The van der Waals surface area contributed by atoms with Gasteiger partial charge >= 0.3 is 6.03 Å². The Morgan fingerprint density at radius 3 is 2.33 bits per heavy atom. The average Bonchev–Trinajstić information content (AvgIpc) is 2.02. The van der Waals surface area contributed by atoms with E-state index in [1.165, 1.54) is 10.4 Å². The Balaban J connectivity index is 4.01. The Labute approximate surface area is 77.8 Å². The molecule has 0 rings (SSSR count). The first kappa shape index (κ1) is 10.9. The van der Waals surface area contributed by atoms with Gasteiger partial charge in [-0.05, 0) is 0 Å². The van der Waals surface area contributed by atoms with Crippen LogP contribution < -0.4 is 5.32 Å². The van der Waals surface area contributed by atoms with Gasteiger partial charge in [-0.15, -0.1) is 0 Å². The minimum Gasteiger partial charge on any atom is -0.365 e. The number of nitrogens with zero attached hydrogens (tertiary/aromatic N) is 2. The molecule has 0 aromatic rings. The fourth-order valence-electron chi connectivity index (χ4n) is 0.371. The second kappa shape index (κ2) is 4.71. The highest BCUT2D eigenvalue weighted by atomic mass is 32.1. The molecule has 0 aliphatic rings. The number of hydrogen-bond acceptors (Lipinski definition) is 3. The monoisotopic (exact) mass is 187 g/mol. The van der Waals surface area contributed by atoms with Crippen molar-refractivity contribution in [2.75, 3.05) is 21.1 Å². The number of rotatable bonds is 3. The molecule has 5 heteroatoms. The molecule has 12 heavy (non-hydrogen) atoms. The molecule has 0 unspecified atom stereocenters. The number of amides is 2. The Bertz CT molecular complexity index is 203. The van der Waals surface area contributed by atoms with Gasteiger partial charge < -0.3 is 4.90 Å². The zero-order valence-electron chi connectivity index (χ0n) is 7.50. The van der Waals surface area contributed by atoms with Crippen LogP contribution in [-0.4, -0.2) is 42.5 Å². The van der Waals surface area contributed by atoms with Gasteiger partial charge in [-0.25, -0.2) is 4.79 Å². The van der Waals surface area contributed by atoms with Crippen molar-refractivity contribution in [3.05, 3.63) is 12.4 Å². The molecule has 0 saturated heterocycles. The third kappa shape index (κ3) is 3.34. The van der Waals surface area contributed by atoms with Crippen molar-refractivity contribution >= 4 is 23.7 Å². The van der Waals surface area contributed by atoms with Crippen LogP contribution in [0.5, 0.6) is 0 Å². The molecule has 0 aromatic carbocycles. The minimum atomic E-state index is -0.288. The topological polar surface area (TPSA) is 35.6 Å². The fraction of sp³-hybridized carbons (Fsp3) is 0.429. The predicted molar refractivity (Wildman–Crippen MR) is 52.8 cm³/mol. The number of thiocarbonyl (C=S) groups is 1. The summed E-state index contributed by atoms with van der Waals surface area (Å²) >= 11 is 4.57. The van der Waals surface area contributed by atoms with Crippen LogP contribution in [0.1, 0.15) is 0 Å². The molecule has 0 aromatic heterocycles. The summed E-state index contributed by atoms with van der Waals surface area (Å²) < 4.78 is 0. The molecule has 0 radical (unpaired) electrons. The van der Waals surface area contributed by atoms with Crippen molar-refractivity contribution in [1.82, 2.24) is 15.1 Å². The Hall–Kier alpha value is -1.10. The molecule has 0 fully saturated rings. The second-order valence-electron chi connectivity index (χ2n) is 2.49. The molecular weight excluding hydrogens is 174 g/mol. The van der Waals surface area contributed by atoms with Crippen LogP contribution in [-0.2, 0) is 0 Å². The molecule has 0 aliphatic heterocycles. The van der Waals surface area contributed by atoms with Crippen LogP contribution in [0.2, 0.25) is 0 Å². The van der Waals surface area contributed by atoms with Gasteiger partial charge in [0.25, 0.3) is 0 Å². The van der Waals surface area contributed by atoms with Crippen LogP contribution in [0.25, 0.3) is 0 Å².